The van der Waals surface area contributed by atoms with Crippen LogP contribution >= 0.6 is 0 Å². The third-order valence-corrected chi connectivity index (χ3v) is 6.86. The molecule has 0 saturated carbocycles. The third kappa shape index (κ3) is 10.8. The van der Waals surface area contributed by atoms with Crippen LogP contribution in [0.1, 0.15) is 20.7 Å². The van der Waals surface area contributed by atoms with Crippen LogP contribution in [0, 0.1) is 0 Å². The van der Waals surface area contributed by atoms with Crippen molar-refractivity contribution < 1.29 is 114 Å². The van der Waals surface area contributed by atoms with Gasteiger partial charge in [-0.1, -0.05) is 11.8 Å². The van der Waals surface area contributed by atoms with Gasteiger partial charge in [0.05, 0.1) is 36.5 Å². The number of fused-ring (bicyclic) bond motifs is 1. The molecule has 0 heterocycles. The monoisotopic (exact) mass is 673 g/mol. The average molecular weight is 673 g/mol. The molecule has 0 radical (unpaired) electrons. The Morgan fingerprint density at radius 1 is 0.755 bits per heavy atom. The molecule has 4 rings (SSSR count). The van der Waals surface area contributed by atoms with Crippen molar-refractivity contribution in [2.45, 2.75) is 4.90 Å². The number of carboxylic acids is 2. The summed E-state index contributed by atoms with van der Waals surface area (Å²) in [6.45, 7) is -1.51. The van der Waals surface area contributed by atoms with Gasteiger partial charge in [0.2, 0.25) is 0 Å². The molecule has 0 aliphatic carbocycles. The minimum Gasteiger partial charge on any atom is -0.871 e. The molecule has 17 nitrogen and oxygen atoms in total. The van der Waals surface area contributed by atoms with Crippen LogP contribution in [0.5, 0.6) is 17.2 Å². The fourth-order valence-corrected chi connectivity index (χ4v) is 4.65. The number of benzene rings is 4. The molecule has 240 valence electrons. The first-order valence-corrected chi connectivity index (χ1v) is 14.3. The summed E-state index contributed by atoms with van der Waals surface area (Å²) in [4.78, 5) is 21.8. The van der Waals surface area contributed by atoms with E-state index in [2.05, 4.69) is 20.5 Å². The summed E-state index contributed by atoms with van der Waals surface area (Å²) in [5.74, 6) is -4.59. The summed E-state index contributed by atoms with van der Waals surface area (Å²) >= 11 is 0. The molecule has 0 bridgehead atoms. The van der Waals surface area contributed by atoms with Gasteiger partial charge < -0.3 is 50.3 Å². The van der Waals surface area contributed by atoms with Gasteiger partial charge in [-0.25, -0.2) is 0 Å². The van der Waals surface area contributed by atoms with Gasteiger partial charge in [0, 0.05) is 28.9 Å². The zero-order valence-electron chi connectivity index (χ0n) is 26.3. The molecule has 49 heavy (non-hydrogen) atoms. The summed E-state index contributed by atoms with van der Waals surface area (Å²) in [5.41, 5.74) is 3.61. The number of aromatic carboxylic acids is 2. The van der Waals surface area contributed by atoms with E-state index in [1.807, 2.05) is 0 Å². The van der Waals surface area contributed by atoms with E-state index in [4.69, 9.17) is 15.2 Å². The number of hydrogen-bond donors (Lipinski definition) is 4. The molecule has 0 spiro atoms. The summed E-state index contributed by atoms with van der Waals surface area (Å²) in [5, 5.41) is 70.2. The Hall–Kier alpha value is -3.90. The van der Waals surface area contributed by atoms with E-state index < -0.39 is 62.7 Å². The van der Waals surface area contributed by atoms with Crippen LogP contribution in [0.4, 0.5) is 28.4 Å². The predicted molar refractivity (Wildman–Crippen MR) is 153 cm³/mol. The first kappa shape index (κ1) is 43.1. The van der Waals surface area contributed by atoms with E-state index in [1.54, 1.807) is 0 Å². The van der Waals surface area contributed by atoms with E-state index in [0.29, 0.717) is 0 Å². The van der Waals surface area contributed by atoms with Crippen LogP contribution in [-0.4, -0.2) is 61.5 Å². The van der Waals surface area contributed by atoms with Gasteiger partial charge in [0.25, 0.3) is 10.1 Å². The molecule has 21 heteroatoms. The van der Waals surface area contributed by atoms with Crippen LogP contribution in [-0.2, 0) is 10.1 Å². The number of aliphatic hydroxyl groups excluding tert-OH is 2. The number of rotatable bonds is 13. The number of nitrogens with two attached hydrogens (primary N) is 1. The number of hydrogen-bond acceptors (Lipinski definition) is 16. The quantitative estimate of drug-likeness (QED) is 0.0444. The number of carbonyl (C=O) groups is 2. The zero-order chi connectivity index (χ0) is 33.6. The second-order valence-corrected chi connectivity index (χ2v) is 10.6. The average Bonchev–Trinajstić information content (AvgIpc) is 3.01. The number of anilines is 1. The molecule has 0 atom stereocenters. The standard InChI is InChI=1S/C28H25N5O12S.3Li/c29-17-2-1-14-10-24(46(41,42)43)25(26(36)19(14)11-17)33-32-21-13-22(44-5-3-34)20(12-23(21)45-6-4-35)31-30-18-8-15(27(37)38)7-16(9-18)28(39)40;;;/h1-2,7-13,34-36H,3-6,29H2,(H,37,38)(H,39,40)(H,41,42,43);;;/q;3*+1/p-3. The number of azo groups is 2. The van der Waals surface area contributed by atoms with Crippen molar-refractivity contribution in [3.05, 3.63) is 65.7 Å². The minimum absolute atomic E-state index is 0. The predicted octanol–water partition coefficient (Wildman–Crippen LogP) is -7.95. The van der Waals surface area contributed by atoms with Crippen molar-refractivity contribution in [2.24, 2.45) is 20.5 Å². The van der Waals surface area contributed by atoms with Crippen molar-refractivity contribution >= 4 is 61.3 Å². The van der Waals surface area contributed by atoms with Crippen LogP contribution in [0.15, 0.2) is 79.9 Å². The molecule has 0 saturated heterocycles. The molecule has 4 aromatic rings. The maximum absolute atomic E-state index is 13.2. The maximum Gasteiger partial charge on any atom is 1.00 e. The van der Waals surface area contributed by atoms with Gasteiger partial charge in [0.1, 0.15) is 41.0 Å². The number of ether oxygens (including phenoxy) is 2. The fraction of sp³-hybridized carbons (Fsp3) is 0.143. The zero-order valence-corrected chi connectivity index (χ0v) is 27.1. The third-order valence-electron chi connectivity index (χ3n) is 5.99. The Morgan fingerprint density at radius 2 is 1.27 bits per heavy atom. The van der Waals surface area contributed by atoms with Gasteiger partial charge in [0.15, 0.2) is 0 Å². The number of nitrogen functional groups attached to an aromatic ring is 1. The van der Waals surface area contributed by atoms with E-state index >= 15 is 0 Å². The van der Waals surface area contributed by atoms with Crippen molar-refractivity contribution in [2.75, 3.05) is 32.2 Å². The first-order chi connectivity index (χ1) is 21.8. The Balaban J connectivity index is 0.00000400. The molecule has 4 aromatic carbocycles. The topological polar surface area (TPSA) is 292 Å². The van der Waals surface area contributed by atoms with Crippen LogP contribution < -0.4 is 87.1 Å². The molecular weight excluding hydrogens is 651 g/mol. The van der Waals surface area contributed by atoms with Gasteiger partial charge in [-0.2, -0.15) is 13.5 Å². The van der Waals surface area contributed by atoms with E-state index in [9.17, 15) is 48.1 Å². The van der Waals surface area contributed by atoms with Crippen LogP contribution in [0.3, 0.4) is 0 Å². The molecule has 0 aliphatic heterocycles. The summed E-state index contributed by atoms with van der Waals surface area (Å²) in [6.07, 6.45) is 0. The van der Waals surface area contributed by atoms with E-state index in [1.165, 1.54) is 24.3 Å². The van der Waals surface area contributed by atoms with Gasteiger partial charge in [-0.15, -0.1) is 15.3 Å². The van der Waals surface area contributed by atoms with E-state index in [-0.39, 0.29) is 115 Å². The van der Waals surface area contributed by atoms with Gasteiger partial charge >= 0.3 is 56.6 Å². The summed E-state index contributed by atoms with van der Waals surface area (Å²) < 4.78 is 45.1. The Labute approximate surface area is 314 Å². The smallest absolute Gasteiger partial charge is 0.871 e. The number of nitrogens with zero attached hydrogens (tertiary/aromatic N) is 4. The van der Waals surface area contributed by atoms with Gasteiger partial charge in [-0.3, -0.25) is 4.55 Å². The molecule has 5 N–H and O–H groups in total. The SMILES string of the molecule is Nc1ccc2cc(S(=O)(=O)O)c(N=Nc3cc(OCCO)c(N=Nc4cc(C(=O)[O-])cc(C(=O)[O-])c4)cc3OCCO)c([O-])c2c1.[Li+].[Li+].[Li+]. The molecular formula is C28H22Li3N5O12S. The van der Waals surface area contributed by atoms with Crippen molar-refractivity contribution in [1.29, 1.82) is 0 Å². The number of aliphatic hydroxyl groups is 2. The molecule has 0 aliphatic rings. The number of carbonyl (C=O) groups excluding carboxylic acids is 2. The molecule has 0 amide bonds. The second-order valence-electron chi connectivity index (χ2n) is 9.18. The first-order valence-electron chi connectivity index (χ1n) is 12.9. The molecule has 0 unspecified atom stereocenters. The van der Waals surface area contributed by atoms with Gasteiger partial charge in [-0.05, 0) is 47.2 Å². The second kappa shape index (κ2) is 18.8. The minimum atomic E-state index is -4.97. The summed E-state index contributed by atoms with van der Waals surface area (Å²) in [6, 6.07) is 10.2. The normalized spacial score (nSPS) is 11.1. The molecule has 0 fully saturated rings. The van der Waals surface area contributed by atoms with Crippen LogP contribution in [0.25, 0.3) is 10.8 Å². The van der Waals surface area contributed by atoms with Crippen LogP contribution in [0.2, 0.25) is 0 Å². The van der Waals surface area contributed by atoms with Crippen molar-refractivity contribution in [3.8, 4) is 17.2 Å². The van der Waals surface area contributed by atoms with Crippen molar-refractivity contribution in [3.63, 3.8) is 0 Å². The summed E-state index contributed by atoms with van der Waals surface area (Å²) in [7, 11) is -4.97. The molecule has 0 aromatic heterocycles. The number of carboxylic acid groups (broad SMARTS) is 2. The fourth-order valence-electron chi connectivity index (χ4n) is 3.99. The Morgan fingerprint density at radius 3 is 1.73 bits per heavy atom. The Bertz CT molecular complexity index is 1980. The maximum atomic E-state index is 13.2. The Kier molecular flexibility index (Phi) is 16.5. The van der Waals surface area contributed by atoms with E-state index in [0.717, 1.165) is 30.3 Å². The largest absolute Gasteiger partial charge is 1.00 e. The van der Waals surface area contributed by atoms with Crippen molar-refractivity contribution in [1.82, 2.24) is 0 Å².